The van der Waals surface area contributed by atoms with Gasteiger partial charge in [0.05, 0.1) is 4.90 Å². The average molecular weight is 279 g/mol. The second-order valence-corrected chi connectivity index (χ2v) is 9.31. The van der Waals surface area contributed by atoms with Gasteiger partial charge < -0.3 is 8.01 Å². The Hall–Kier alpha value is -0.0400. The Morgan fingerprint density at radius 2 is 1.73 bits per heavy atom. The van der Waals surface area contributed by atoms with Crippen LogP contribution >= 0.6 is 0 Å². The summed E-state index contributed by atoms with van der Waals surface area (Å²) in [5.74, 6) is 0.424. The van der Waals surface area contributed by atoms with Gasteiger partial charge in [0.15, 0.2) is 9.84 Å². The molecule has 0 saturated heterocycles. The van der Waals surface area contributed by atoms with Crippen LogP contribution in [-0.2, 0) is 40.2 Å². The summed E-state index contributed by atoms with van der Waals surface area (Å²) in [6, 6.07) is 6.81. The zero-order chi connectivity index (χ0) is 11.5. The Morgan fingerprint density at radius 3 is 2.20 bits per heavy atom. The maximum atomic E-state index is 11.8. The van der Waals surface area contributed by atoms with E-state index in [1.54, 1.807) is 24.3 Å². The second kappa shape index (κ2) is 5.34. The first-order chi connectivity index (χ1) is 6.92. The summed E-state index contributed by atoms with van der Waals surface area (Å²) >= 11 is 9.59. The Kier molecular flexibility index (Phi) is 4.64. The first-order valence-electron chi connectivity index (χ1n) is 4.27. The van der Waals surface area contributed by atoms with Crippen LogP contribution in [0.25, 0.3) is 0 Å². The molecule has 0 spiro atoms. The summed E-state index contributed by atoms with van der Waals surface area (Å²) in [4.78, 5) is 0.351. The number of sulfone groups is 1. The lowest BCUT2D eigenvalue weighted by Crippen LogP contribution is -2.10. The minimum absolute atomic E-state index is 0.0478. The summed E-state index contributed by atoms with van der Waals surface area (Å²) in [5, 5.41) is 0. The number of hydrogen-bond donors (Lipinski definition) is 0. The largest absolute Gasteiger partial charge is 0.346 e. The third-order valence-electron chi connectivity index (χ3n) is 1.90. The molecule has 0 bridgehead atoms. The van der Waals surface area contributed by atoms with Gasteiger partial charge in [-0.2, -0.15) is 0 Å². The van der Waals surface area contributed by atoms with E-state index in [-0.39, 0.29) is 5.75 Å². The van der Waals surface area contributed by atoms with Gasteiger partial charge in [0.2, 0.25) is 0 Å². The van der Waals surface area contributed by atoms with Gasteiger partial charge in [0.25, 0.3) is 0 Å². The van der Waals surface area contributed by atoms with Crippen LogP contribution in [0.3, 0.4) is 0 Å². The van der Waals surface area contributed by atoms with Gasteiger partial charge >= 0.3 is 0 Å². The van der Waals surface area contributed by atoms with Crippen LogP contribution in [0.5, 0.6) is 0 Å². The molecule has 0 N–H and O–H groups in total. The molecule has 0 amide bonds. The average Bonchev–Trinajstić information content (AvgIpc) is 2.16. The zero-order valence-electron chi connectivity index (χ0n) is 8.17. The molecule has 0 heterocycles. The number of aryl methyl sites for hydroxylation is 1. The molecule has 0 unspecified atom stereocenters. The first kappa shape index (κ1) is 13.0. The van der Waals surface area contributed by atoms with E-state index in [0.29, 0.717) is 10.6 Å². The second-order valence-electron chi connectivity index (χ2n) is 3.14. The van der Waals surface area contributed by atoms with Crippen LogP contribution in [0.4, 0.5) is 0 Å². The molecule has 2 nitrogen and oxygen atoms in total. The normalized spacial score (nSPS) is 11.9. The van der Waals surface area contributed by atoms with E-state index in [2.05, 4.69) is 0 Å². The van der Waals surface area contributed by atoms with Crippen LogP contribution < -0.4 is 0 Å². The van der Waals surface area contributed by atoms with Gasteiger partial charge in [-0.1, -0.05) is 17.7 Å². The SMILES string of the molecule is Cc1ccc(S(=O)(=O)CC[S-](=S)=S)cc1. The van der Waals surface area contributed by atoms with Gasteiger partial charge in [-0.05, 0) is 19.1 Å². The van der Waals surface area contributed by atoms with E-state index in [1.807, 2.05) is 6.92 Å². The Morgan fingerprint density at radius 1 is 1.20 bits per heavy atom. The maximum Gasteiger partial charge on any atom is 0.176 e. The molecule has 0 atom stereocenters. The number of rotatable bonds is 4. The van der Waals surface area contributed by atoms with Crippen molar-refractivity contribution in [1.82, 2.24) is 0 Å². The summed E-state index contributed by atoms with van der Waals surface area (Å²) in [7, 11) is -3.85. The molecule has 0 aliphatic carbocycles. The van der Waals surface area contributed by atoms with E-state index < -0.39 is 17.9 Å². The molecule has 0 aliphatic rings. The molecular formula is C9H11O2S4-. The Labute approximate surface area is 101 Å². The lowest BCUT2D eigenvalue weighted by atomic mass is 10.2. The van der Waals surface area contributed by atoms with Crippen LogP contribution in [0.2, 0.25) is 0 Å². The molecule has 0 aliphatic heterocycles. The van der Waals surface area contributed by atoms with Crippen LogP contribution in [0, 0.1) is 6.92 Å². The van der Waals surface area contributed by atoms with Crippen LogP contribution in [-0.4, -0.2) is 19.9 Å². The zero-order valence-corrected chi connectivity index (χ0v) is 11.4. The van der Waals surface area contributed by atoms with E-state index >= 15 is 0 Å². The topological polar surface area (TPSA) is 34.1 Å². The number of hydrogen-bond acceptors (Lipinski definition) is 5. The van der Waals surface area contributed by atoms with Gasteiger partial charge in [0, 0.05) is 5.75 Å². The third-order valence-corrected chi connectivity index (χ3v) is 5.43. The molecule has 6 heteroatoms. The van der Waals surface area contributed by atoms with Crippen molar-refractivity contribution in [3.8, 4) is 0 Å². The molecule has 0 saturated carbocycles. The molecule has 1 aromatic rings. The molecule has 1 rings (SSSR count). The van der Waals surface area contributed by atoms with Crippen molar-refractivity contribution in [3.05, 3.63) is 29.8 Å². The van der Waals surface area contributed by atoms with E-state index in [0.717, 1.165) is 5.56 Å². The lowest BCUT2D eigenvalue weighted by molar-refractivity contribution is 0.597. The molecule has 15 heavy (non-hydrogen) atoms. The van der Waals surface area contributed by atoms with Crippen LogP contribution in [0.1, 0.15) is 5.56 Å². The fourth-order valence-corrected chi connectivity index (χ4v) is 4.47. The Bertz CT molecular complexity index is 489. The quantitative estimate of drug-likeness (QED) is 0.778. The third kappa shape index (κ3) is 4.14. The van der Waals surface area contributed by atoms with Crippen LogP contribution in [0.15, 0.2) is 29.2 Å². The fourth-order valence-electron chi connectivity index (χ4n) is 1.04. The first-order valence-corrected chi connectivity index (χ1v) is 9.17. The number of benzene rings is 1. The molecule has 1 aromatic carbocycles. The monoisotopic (exact) mass is 279 g/mol. The standard InChI is InChI=1S/C9H11O2S4/c1-8-2-4-9(5-3-8)15(10,11)7-6-14(12)13/h2-5H,6-7H2,1H3/q-1. The molecule has 0 radical (unpaired) electrons. The van der Waals surface area contributed by atoms with Crippen molar-refractivity contribution in [2.24, 2.45) is 0 Å². The highest BCUT2D eigenvalue weighted by Gasteiger charge is 2.11. The Balaban J connectivity index is 2.91. The van der Waals surface area contributed by atoms with Crippen molar-refractivity contribution >= 4 is 40.2 Å². The molecule has 84 valence electrons. The van der Waals surface area contributed by atoms with Crippen molar-refractivity contribution in [1.29, 1.82) is 0 Å². The van der Waals surface area contributed by atoms with Crippen molar-refractivity contribution in [2.75, 3.05) is 11.5 Å². The highest BCUT2D eigenvalue weighted by Crippen LogP contribution is 2.11. The fraction of sp³-hybridized carbons (Fsp3) is 0.333. The van der Waals surface area contributed by atoms with E-state index in [9.17, 15) is 8.42 Å². The van der Waals surface area contributed by atoms with Crippen molar-refractivity contribution in [2.45, 2.75) is 11.8 Å². The molecule has 0 fully saturated rings. The van der Waals surface area contributed by atoms with E-state index in [4.69, 9.17) is 22.4 Å². The summed E-state index contributed by atoms with van der Waals surface area (Å²) in [6.07, 6.45) is 0. The van der Waals surface area contributed by atoms with Gasteiger partial charge in [-0.15, -0.1) is 5.75 Å². The highest BCUT2D eigenvalue weighted by molar-refractivity contribution is 8.46. The highest BCUT2D eigenvalue weighted by atomic mass is 33.1. The molecular weight excluding hydrogens is 268 g/mol. The van der Waals surface area contributed by atoms with Crippen molar-refractivity contribution in [3.63, 3.8) is 0 Å². The predicted molar refractivity (Wildman–Crippen MR) is 70.2 cm³/mol. The lowest BCUT2D eigenvalue weighted by Gasteiger charge is -2.06. The van der Waals surface area contributed by atoms with Gasteiger partial charge in [-0.3, -0.25) is 22.4 Å². The van der Waals surface area contributed by atoms with Crippen molar-refractivity contribution < 1.29 is 8.42 Å². The molecule has 0 aromatic heterocycles. The summed E-state index contributed by atoms with van der Waals surface area (Å²) in [5.41, 5.74) is 1.04. The maximum absolute atomic E-state index is 11.8. The summed E-state index contributed by atoms with van der Waals surface area (Å²) < 4.78 is 23.5. The minimum atomic E-state index is -3.20. The van der Waals surface area contributed by atoms with Gasteiger partial charge in [-0.25, -0.2) is 8.42 Å². The van der Waals surface area contributed by atoms with Gasteiger partial charge in [0.1, 0.15) is 0 Å². The summed E-state index contributed by atoms with van der Waals surface area (Å²) in [6.45, 7) is 1.92. The minimum Gasteiger partial charge on any atom is -0.346 e. The smallest absolute Gasteiger partial charge is 0.176 e. The van der Waals surface area contributed by atoms with E-state index in [1.165, 1.54) is 0 Å². The predicted octanol–water partition coefficient (Wildman–Crippen LogP) is 1.31.